The molecule has 1 amide bonds. The zero-order valence-corrected chi connectivity index (χ0v) is 20.0. The molecule has 162 valence electrons. The van der Waals surface area contributed by atoms with Crippen molar-refractivity contribution in [3.8, 4) is 5.75 Å². The van der Waals surface area contributed by atoms with Crippen LogP contribution in [0, 0.1) is 0 Å². The predicted octanol–water partition coefficient (Wildman–Crippen LogP) is 4.09. The number of aliphatic imine (C=N–C) groups is 1. The predicted molar refractivity (Wildman–Crippen MR) is 133 cm³/mol. The molecule has 0 aliphatic carbocycles. The van der Waals surface area contributed by atoms with E-state index in [0.29, 0.717) is 19.5 Å². The highest BCUT2D eigenvalue weighted by atomic mass is 127. The molecule has 0 aromatic heterocycles. The molecule has 0 saturated carbocycles. The number of carbonyl (C=O) groups is 1. The van der Waals surface area contributed by atoms with Gasteiger partial charge in [-0.2, -0.15) is 0 Å². The Morgan fingerprint density at radius 3 is 2.60 bits per heavy atom. The number of halogens is 1. The van der Waals surface area contributed by atoms with Crippen LogP contribution in [0.1, 0.15) is 37.3 Å². The van der Waals surface area contributed by atoms with Crippen LogP contribution in [0.2, 0.25) is 0 Å². The lowest BCUT2D eigenvalue weighted by Crippen LogP contribution is -2.37. The number of amides is 1. The van der Waals surface area contributed by atoms with E-state index in [2.05, 4.69) is 27.8 Å². The van der Waals surface area contributed by atoms with Gasteiger partial charge in [-0.15, -0.1) is 24.0 Å². The smallest absolute Gasteiger partial charge is 0.226 e. The number of benzene rings is 2. The van der Waals surface area contributed by atoms with Gasteiger partial charge in [0.1, 0.15) is 5.75 Å². The highest BCUT2D eigenvalue weighted by Gasteiger charge is 2.19. The molecule has 1 fully saturated rings. The summed E-state index contributed by atoms with van der Waals surface area (Å²) in [6.45, 7) is 4.89. The Kier molecular flexibility index (Phi) is 9.93. The highest BCUT2D eigenvalue weighted by molar-refractivity contribution is 14.0. The number of rotatable bonds is 7. The first-order valence-electron chi connectivity index (χ1n) is 10.2. The number of guanidine groups is 1. The van der Waals surface area contributed by atoms with Crippen LogP contribution < -0.4 is 20.3 Å². The van der Waals surface area contributed by atoms with Gasteiger partial charge in [-0.1, -0.05) is 24.3 Å². The van der Waals surface area contributed by atoms with Crippen molar-refractivity contribution in [1.82, 2.24) is 10.6 Å². The second-order valence-electron chi connectivity index (χ2n) is 7.07. The van der Waals surface area contributed by atoms with Crippen molar-refractivity contribution >= 4 is 41.5 Å². The quantitative estimate of drug-likeness (QED) is 0.327. The summed E-state index contributed by atoms with van der Waals surface area (Å²) < 4.78 is 5.27. The molecule has 0 spiro atoms. The summed E-state index contributed by atoms with van der Waals surface area (Å²) >= 11 is 0. The maximum Gasteiger partial charge on any atom is 0.226 e. The van der Waals surface area contributed by atoms with Crippen LogP contribution in [0.4, 0.5) is 5.69 Å². The standard InChI is InChI=1S/C23H30N4O2.HI/c1-3-24-23(26-17-19-7-6-8-21(15-19)29-2)25-16-18-10-12-20(13-11-18)27-14-5-4-9-22(27)28;/h6-8,10-13,15H,3-5,9,14,16-17H2,1-2H3,(H2,24,25,26);1H. The number of hydrogen-bond donors (Lipinski definition) is 2. The van der Waals surface area contributed by atoms with Crippen LogP contribution in [-0.4, -0.2) is 32.1 Å². The Morgan fingerprint density at radius 1 is 1.10 bits per heavy atom. The van der Waals surface area contributed by atoms with E-state index in [1.807, 2.05) is 48.2 Å². The van der Waals surface area contributed by atoms with Gasteiger partial charge in [0.2, 0.25) is 5.91 Å². The first-order valence-corrected chi connectivity index (χ1v) is 10.2. The topological polar surface area (TPSA) is 66.0 Å². The van der Waals surface area contributed by atoms with Crippen molar-refractivity contribution in [2.24, 2.45) is 4.99 Å². The first-order chi connectivity index (χ1) is 14.2. The SMILES string of the molecule is CCNC(=NCc1cccc(OC)c1)NCc1ccc(N2CCCCC2=O)cc1.I. The monoisotopic (exact) mass is 522 g/mol. The number of methoxy groups -OCH3 is 1. The van der Waals surface area contributed by atoms with Gasteiger partial charge in [0.15, 0.2) is 5.96 Å². The normalized spacial score (nSPS) is 14.1. The fourth-order valence-electron chi connectivity index (χ4n) is 3.34. The van der Waals surface area contributed by atoms with E-state index in [1.54, 1.807) is 7.11 Å². The summed E-state index contributed by atoms with van der Waals surface area (Å²) in [6.07, 6.45) is 2.73. The van der Waals surface area contributed by atoms with Crippen LogP contribution in [0.25, 0.3) is 0 Å². The first kappa shape index (κ1) is 24.0. The lowest BCUT2D eigenvalue weighted by molar-refractivity contribution is -0.119. The molecule has 7 heteroatoms. The molecule has 2 aromatic rings. The summed E-state index contributed by atoms with van der Waals surface area (Å²) in [5.41, 5.74) is 3.22. The summed E-state index contributed by atoms with van der Waals surface area (Å²) in [4.78, 5) is 18.6. The van der Waals surface area contributed by atoms with E-state index in [1.165, 1.54) is 0 Å². The molecule has 6 nitrogen and oxygen atoms in total. The number of ether oxygens (including phenoxy) is 1. The average molecular weight is 522 g/mol. The molecule has 30 heavy (non-hydrogen) atoms. The minimum absolute atomic E-state index is 0. The van der Waals surface area contributed by atoms with E-state index in [-0.39, 0.29) is 29.9 Å². The van der Waals surface area contributed by atoms with Gasteiger partial charge in [-0.05, 0) is 55.2 Å². The second-order valence-corrected chi connectivity index (χ2v) is 7.07. The molecule has 2 N–H and O–H groups in total. The maximum absolute atomic E-state index is 12.1. The van der Waals surface area contributed by atoms with Gasteiger partial charge in [-0.25, -0.2) is 4.99 Å². The third-order valence-electron chi connectivity index (χ3n) is 4.93. The molecule has 1 saturated heterocycles. The van der Waals surface area contributed by atoms with Crippen molar-refractivity contribution in [3.05, 3.63) is 59.7 Å². The molecule has 1 heterocycles. The van der Waals surface area contributed by atoms with Gasteiger partial charge in [0.25, 0.3) is 0 Å². The second kappa shape index (κ2) is 12.4. The van der Waals surface area contributed by atoms with Crippen molar-refractivity contribution < 1.29 is 9.53 Å². The molecular formula is C23H31IN4O2. The largest absolute Gasteiger partial charge is 0.497 e. The van der Waals surface area contributed by atoms with Gasteiger partial charge in [0, 0.05) is 31.7 Å². The van der Waals surface area contributed by atoms with E-state index in [0.717, 1.165) is 54.5 Å². The van der Waals surface area contributed by atoms with Crippen LogP contribution >= 0.6 is 24.0 Å². The molecule has 1 aliphatic rings. The molecule has 0 radical (unpaired) electrons. The van der Waals surface area contributed by atoms with E-state index < -0.39 is 0 Å². The number of nitrogens with one attached hydrogen (secondary N) is 2. The molecule has 3 rings (SSSR count). The minimum atomic E-state index is 0. The van der Waals surface area contributed by atoms with Crippen LogP contribution in [0.5, 0.6) is 5.75 Å². The Hall–Kier alpha value is -2.29. The molecule has 1 aliphatic heterocycles. The number of hydrogen-bond acceptors (Lipinski definition) is 3. The van der Waals surface area contributed by atoms with Crippen molar-refractivity contribution in [1.29, 1.82) is 0 Å². The van der Waals surface area contributed by atoms with E-state index in [9.17, 15) is 4.79 Å². The Balaban J connectivity index is 0.00000320. The van der Waals surface area contributed by atoms with Crippen molar-refractivity contribution in [2.75, 3.05) is 25.1 Å². The Bertz CT molecular complexity index is 839. The molecule has 0 bridgehead atoms. The Morgan fingerprint density at radius 2 is 1.90 bits per heavy atom. The minimum Gasteiger partial charge on any atom is -0.497 e. The third kappa shape index (κ3) is 6.90. The van der Waals surface area contributed by atoms with E-state index in [4.69, 9.17) is 4.74 Å². The van der Waals surface area contributed by atoms with Crippen LogP contribution in [0.3, 0.4) is 0 Å². The summed E-state index contributed by atoms with van der Waals surface area (Å²) in [7, 11) is 1.67. The van der Waals surface area contributed by atoms with Crippen LogP contribution in [-0.2, 0) is 17.9 Å². The highest BCUT2D eigenvalue weighted by Crippen LogP contribution is 2.21. The van der Waals surface area contributed by atoms with E-state index >= 15 is 0 Å². The number of nitrogens with zero attached hydrogens (tertiary/aromatic N) is 2. The van der Waals surface area contributed by atoms with Gasteiger partial charge in [0.05, 0.1) is 13.7 Å². The summed E-state index contributed by atoms with van der Waals surface area (Å²) in [5.74, 6) is 1.83. The lowest BCUT2D eigenvalue weighted by atomic mass is 10.1. The maximum atomic E-state index is 12.1. The number of carbonyl (C=O) groups excluding carboxylic acids is 1. The van der Waals surface area contributed by atoms with Gasteiger partial charge >= 0.3 is 0 Å². The summed E-state index contributed by atoms with van der Waals surface area (Å²) in [5, 5.41) is 6.65. The lowest BCUT2D eigenvalue weighted by Gasteiger charge is -2.26. The molecular weight excluding hydrogens is 491 g/mol. The average Bonchev–Trinajstić information content (AvgIpc) is 2.76. The molecule has 2 aromatic carbocycles. The number of piperidine rings is 1. The third-order valence-corrected chi connectivity index (χ3v) is 4.93. The fraction of sp³-hybridized carbons (Fsp3) is 0.391. The zero-order valence-electron chi connectivity index (χ0n) is 17.7. The zero-order chi connectivity index (χ0) is 20.5. The van der Waals surface area contributed by atoms with Crippen LogP contribution in [0.15, 0.2) is 53.5 Å². The van der Waals surface area contributed by atoms with Gasteiger partial charge in [-0.3, -0.25) is 4.79 Å². The summed E-state index contributed by atoms with van der Waals surface area (Å²) in [6, 6.07) is 16.1. The van der Waals surface area contributed by atoms with Crippen molar-refractivity contribution in [2.45, 2.75) is 39.3 Å². The van der Waals surface area contributed by atoms with Gasteiger partial charge < -0.3 is 20.3 Å². The molecule has 0 atom stereocenters. The fourth-order valence-corrected chi connectivity index (χ4v) is 3.34. The molecule has 0 unspecified atom stereocenters. The number of anilines is 1. The Labute approximate surface area is 196 Å². The van der Waals surface area contributed by atoms with Crippen molar-refractivity contribution in [3.63, 3.8) is 0 Å².